The summed E-state index contributed by atoms with van der Waals surface area (Å²) in [6, 6.07) is 14.9. The number of fused-ring (bicyclic) bond motifs is 1. The van der Waals surface area contributed by atoms with Crippen molar-refractivity contribution in [2.45, 2.75) is 17.9 Å². The van der Waals surface area contributed by atoms with E-state index in [0.717, 1.165) is 29.1 Å². The van der Waals surface area contributed by atoms with Gasteiger partial charge in [0.2, 0.25) is 0 Å². The molecule has 0 fully saturated rings. The number of nitrogens with zero attached hydrogens (tertiary/aromatic N) is 1. The summed E-state index contributed by atoms with van der Waals surface area (Å²) in [5, 5.41) is 8.65. The molecule has 2 aromatic carbocycles. The molecule has 3 rings (SSSR count). The van der Waals surface area contributed by atoms with E-state index < -0.39 is 16.7 Å². The maximum atomic E-state index is 12.3. The van der Waals surface area contributed by atoms with Crippen LogP contribution in [0.3, 0.4) is 0 Å². The van der Waals surface area contributed by atoms with Crippen molar-refractivity contribution < 1.29 is 14.2 Å². The second-order valence-corrected chi connectivity index (χ2v) is 6.97. The standard InChI is InChI=1S/C17H18N2O3S/c20-17(18-21)14-8-6-13(7-9-14)12-19-10-3-11-23(22)16-5-2-1-4-15(16)19/h1-2,4-9,21H,3,10-12H2,(H,18,20). The number of amides is 1. The first-order valence-electron chi connectivity index (χ1n) is 7.45. The summed E-state index contributed by atoms with van der Waals surface area (Å²) < 4.78 is 12.3. The fraction of sp³-hybridized carbons (Fsp3) is 0.235. The van der Waals surface area contributed by atoms with Gasteiger partial charge in [-0.1, -0.05) is 24.3 Å². The Balaban J connectivity index is 1.83. The minimum atomic E-state index is -0.945. The fourth-order valence-corrected chi connectivity index (χ4v) is 4.01. The Bertz CT molecular complexity index is 731. The monoisotopic (exact) mass is 330 g/mol. The van der Waals surface area contributed by atoms with E-state index in [-0.39, 0.29) is 0 Å². The summed E-state index contributed by atoms with van der Waals surface area (Å²) in [6.45, 7) is 1.54. The molecule has 2 aromatic rings. The van der Waals surface area contributed by atoms with Crippen molar-refractivity contribution in [2.75, 3.05) is 17.2 Å². The molecule has 0 aliphatic carbocycles. The number of anilines is 1. The van der Waals surface area contributed by atoms with Crippen LogP contribution in [-0.4, -0.2) is 27.6 Å². The Hall–Kier alpha value is -2.18. The summed E-state index contributed by atoms with van der Waals surface area (Å²) in [4.78, 5) is 14.5. The highest BCUT2D eigenvalue weighted by Gasteiger charge is 2.19. The van der Waals surface area contributed by atoms with Crippen molar-refractivity contribution in [1.82, 2.24) is 5.48 Å². The van der Waals surface area contributed by atoms with Crippen LogP contribution >= 0.6 is 0 Å². The average molecular weight is 330 g/mol. The van der Waals surface area contributed by atoms with E-state index in [1.54, 1.807) is 17.6 Å². The lowest BCUT2D eigenvalue weighted by atomic mass is 10.1. The van der Waals surface area contributed by atoms with Gasteiger partial charge in [0.1, 0.15) is 0 Å². The van der Waals surface area contributed by atoms with Crippen molar-refractivity contribution >= 4 is 22.4 Å². The predicted molar refractivity (Wildman–Crippen MR) is 89.1 cm³/mol. The molecule has 0 saturated heterocycles. The molecule has 0 radical (unpaired) electrons. The van der Waals surface area contributed by atoms with Gasteiger partial charge >= 0.3 is 0 Å². The summed E-state index contributed by atoms with van der Waals surface area (Å²) in [5.74, 6) is 0.162. The molecular weight excluding hydrogens is 312 g/mol. The third-order valence-electron chi connectivity index (χ3n) is 3.90. The Morgan fingerprint density at radius 1 is 1.17 bits per heavy atom. The molecule has 1 heterocycles. The number of carbonyl (C=O) groups is 1. The molecule has 1 amide bonds. The van der Waals surface area contributed by atoms with Crippen LogP contribution in [0.5, 0.6) is 0 Å². The zero-order chi connectivity index (χ0) is 16.2. The zero-order valence-corrected chi connectivity index (χ0v) is 13.4. The molecule has 6 heteroatoms. The normalized spacial score (nSPS) is 17.3. The molecule has 0 bridgehead atoms. The van der Waals surface area contributed by atoms with E-state index in [9.17, 15) is 9.00 Å². The molecule has 120 valence electrons. The second kappa shape index (κ2) is 6.93. The highest BCUT2D eigenvalue weighted by Crippen LogP contribution is 2.28. The Morgan fingerprint density at radius 3 is 2.65 bits per heavy atom. The molecule has 0 aromatic heterocycles. The lowest BCUT2D eigenvalue weighted by Crippen LogP contribution is -2.24. The van der Waals surface area contributed by atoms with Crippen LogP contribution in [0.4, 0.5) is 5.69 Å². The number of nitrogens with one attached hydrogen (secondary N) is 1. The van der Waals surface area contributed by atoms with E-state index in [0.29, 0.717) is 17.9 Å². The van der Waals surface area contributed by atoms with Crippen molar-refractivity contribution in [3.8, 4) is 0 Å². The van der Waals surface area contributed by atoms with Crippen LogP contribution in [0.2, 0.25) is 0 Å². The first-order chi connectivity index (χ1) is 11.2. The summed E-state index contributed by atoms with van der Waals surface area (Å²) >= 11 is 0. The van der Waals surface area contributed by atoms with Gasteiger partial charge in [-0.05, 0) is 36.2 Å². The smallest absolute Gasteiger partial charge is 0.274 e. The van der Waals surface area contributed by atoms with Crippen molar-refractivity contribution in [2.24, 2.45) is 0 Å². The van der Waals surface area contributed by atoms with Gasteiger partial charge in [0.15, 0.2) is 0 Å². The van der Waals surface area contributed by atoms with Gasteiger partial charge in [0, 0.05) is 24.4 Å². The van der Waals surface area contributed by atoms with Gasteiger partial charge < -0.3 is 4.90 Å². The highest BCUT2D eigenvalue weighted by atomic mass is 32.2. The third-order valence-corrected chi connectivity index (χ3v) is 5.40. The SMILES string of the molecule is O=C(NO)c1ccc(CN2CCCS(=O)c3ccccc32)cc1. The third kappa shape index (κ3) is 3.43. The van der Waals surface area contributed by atoms with Gasteiger partial charge in [-0.3, -0.25) is 14.2 Å². The van der Waals surface area contributed by atoms with Crippen molar-refractivity contribution in [1.29, 1.82) is 0 Å². The molecule has 1 aliphatic rings. The molecule has 1 atom stereocenters. The van der Waals surface area contributed by atoms with Gasteiger partial charge in [-0.15, -0.1) is 0 Å². The van der Waals surface area contributed by atoms with Gasteiger partial charge in [0.05, 0.1) is 21.4 Å². The van der Waals surface area contributed by atoms with Gasteiger partial charge in [-0.25, -0.2) is 5.48 Å². The first-order valence-corrected chi connectivity index (χ1v) is 8.76. The quantitative estimate of drug-likeness (QED) is 0.669. The number of para-hydroxylation sites is 1. The first kappa shape index (κ1) is 15.7. The fourth-order valence-electron chi connectivity index (χ4n) is 2.74. The molecule has 0 spiro atoms. The predicted octanol–water partition coefficient (Wildman–Crippen LogP) is 2.32. The molecule has 1 aliphatic heterocycles. The second-order valence-electron chi connectivity index (χ2n) is 5.43. The van der Waals surface area contributed by atoms with E-state index >= 15 is 0 Å². The number of carbonyl (C=O) groups excluding carboxylic acids is 1. The summed E-state index contributed by atoms with van der Waals surface area (Å²) in [7, 11) is -0.945. The minimum Gasteiger partial charge on any atom is -0.366 e. The number of hydrogen-bond acceptors (Lipinski definition) is 4. The number of benzene rings is 2. The topological polar surface area (TPSA) is 69.6 Å². The number of hydrogen-bond donors (Lipinski definition) is 2. The lowest BCUT2D eigenvalue weighted by molar-refractivity contribution is 0.0706. The average Bonchev–Trinajstić information content (AvgIpc) is 2.75. The maximum Gasteiger partial charge on any atom is 0.274 e. The van der Waals surface area contributed by atoms with Crippen LogP contribution < -0.4 is 10.4 Å². The molecule has 0 saturated carbocycles. The Labute approximate surface area is 137 Å². The largest absolute Gasteiger partial charge is 0.366 e. The molecule has 23 heavy (non-hydrogen) atoms. The van der Waals surface area contributed by atoms with Gasteiger partial charge in [-0.2, -0.15) is 0 Å². The van der Waals surface area contributed by atoms with E-state index in [1.807, 2.05) is 36.4 Å². The lowest BCUT2D eigenvalue weighted by Gasteiger charge is -2.24. The summed E-state index contributed by atoms with van der Waals surface area (Å²) in [5.41, 5.74) is 4.11. The van der Waals surface area contributed by atoms with E-state index in [4.69, 9.17) is 5.21 Å². The van der Waals surface area contributed by atoms with Crippen LogP contribution in [0.15, 0.2) is 53.4 Å². The number of hydroxylamine groups is 1. The van der Waals surface area contributed by atoms with Crippen LogP contribution in [0.25, 0.3) is 0 Å². The van der Waals surface area contributed by atoms with E-state index in [2.05, 4.69) is 4.90 Å². The van der Waals surface area contributed by atoms with Crippen LogP contribution in [0.1, 0.15) is 22.3 Å². The van der Waals surface area contributed by atoms with Crippen LogP contribution in [-0.2, 0) is 17.3 Å². The maximum absolute atomic E-state index is 12.3. The minimum absolute atomic E-state index is 0.411. The highest BCUT2D eigenvalue weighted by molar-refractivity contribution is 7.85. The molecule has 1 unspecified atom stereocenters. The van der Waals surface area contributed by atoms with Crippen LogP contribution in [0, 0.1) is 0 Å². The molecule has 5 nitrogen and oxygen atoms in total. The number of rotatable bonds is 3. The van der Waals surface area contributed by atoms with Crippen molar-refractivity contribution in [3.05, 3.63) is 59.7 Å². The Kier molecular flexibility index (Phi) is 4.73. The molecule has 2 N–H and O–H groups in total. The zero-order valence-electron chi connectivity index (χ0n) is 12.6. The van der Waals surface area contributed by atoms with Gasteiger partial charge in [0.25, 0.3) is 5.91 Å². The van der Waals surface area contributed by atoms with E-state index in [1.165, 1.54) is 0 Å². The molecular formula is C17H18N2O3S. The summed E-state index contributed by atoms with van der Waals surface area (Å²) in [6.07, 6.45) is 0.881. The Morgan fingerprint density at radius 2 is 1.91 bits per heavy atom. The van der Waals surface area contributed by atoms with Crippen molar-refractivity contribution in [3.63, 3.8) is 0 Å².